The van der Waals surface area contributed by atoms with Crippen LogP contribution in [0.3, 0.4) is 0 Å². The Balaban J connectivity index is 0.880. The summed E-state index contributed by atoms with van der Waals surface area (Å²) in [6.45, 7) is 3.94. The molecule has 15 aromatic rings. The number of anilines is 6. The number of benzene rings is 14. The summed E-state index contributed by atoms with van der Waals surface area (Å²) >= 11 is 0. The third-order valence-corrected chi connectivity index (χ3v) is 16.8. The molecule has 0 aliphatic rings. The number of aryl methyl sites for hydroxylation is 2. The molecule has 0 N–H and O–H groups in total. The highest BCUT2D eigenvalue weighted by Crippen LogP contribution is 2.47. The van der Waals surface area contributed by atoms with E-state index in [1.54, 1.807) is 0 Å². The van der Waals surface area contributed by atoms with E-state index in [-0.39, 0.29) is 0 Å². The van der Waals surface area contributed by atoms with E-state index in [2.05, 4.69) is 314 Å². The minimum Gasteiger partial charge on any atom is -0.455 e. The predicted molar refractivity (Wildman–Crippen MR) is 358 cm³/mol. The van der Waals surface area contributed by atoms with E-state index in [1.165, 1.54) is 49.0 Å². The van der Waals surface area contributed by atoms with Crippen molar-refractivity contribution < 1.29 is 4.42 Å². The Morgan fingerprint density at radius 3 is 1.54 bits per heavy atom. The van der Waals surface area contributed by atoms with E-state index in [0.29, 0.717) is 0 Å². The Bertz CT molecular complexity index is 4940. The van der Waals surface area contributed by atoms with Gasteiger partial charge in [0.1, 0.15) is 11.2 Å². The van der Waals surface area contributed by atoms with Crippen molar-refractivity contribution in [3.8, 4) is 33.4 Å². The molecule has 0 aliphatic heterocycles. The number of fused-ring (bicyclic) bond motifs is 10. The van der Waals surface area contributed by atoms with Gasteiger partial charge in [-0.3, -0.25) is 0 Å². The molecule has 0 radical (unpaired) electrons. The summed E-state index contributed by atoms with van der Waals surface area (Å²) in [5, 5.41) is 11.8. The van der Waals surface area contributed by atoms with Crippen molar-refractivity contribution in [2.45, 2.75) is 19.3 Å². The molecule has 0 unspecified atom stereocenters. The first-order chi connectivity index (χ1) is 41.6. The van der Waals surface area contributed by atoms with E-state index < -0.39 is 0 Å². The fraction of sp³-hybridized carbons (Fsp3) is 0.0370. The van der Waals surface area contributed by atoms with E-state index >= 15 is 0 Å². The first kappa shape index (κ1) is 50.2. The first-order valence-corrected chi connectivity index (χ1v) is 29.1. The summed E-state index contributed by atoms with van der Waals surface area (Å²) < 4.78 is 6.83. The summed E-state index contributed by atoms with van der Waals surface area (Å²) in [6.07, 6.45) is 4.98. The average molecular weight is 1080 g/mol. The van der Waals surface area contributed by atoms with Crippen molar-refractivity contribution >= 4 is 105 Å². The average Bonchev–Trinajstić information content (AvgIpc) is 2.17. The molecule has 0 saturated carbocycles. The summed E-state index contributed by atoms with van der Waals surface area (Å²) in [7, 11) is 0. The lowest BCUT2D eigenvalue weighted by molar-refractivity contribution is 0.673. The zero-order valence-corrected chi connectivity index (χ0v) is 46.5. The van der Waals surface area contributed by atoms with Gasteiger partial charge in [-0.05, 0) is 192 Å². The van der Waals surface area contributed by atoms with Gasteiger partial charge in [-0.1, -0.05) is 225 Å². The summed E-state index contributed by atoms with van der Waals surface area (Å²) in [6, 6.07) is 109. The van der Waals surface area contributed by atoms with Crippen LogP contribution in [0, 0.1) is 0 Å². The molecule has 0 bridgehead atoms. The van der Waals surface area contributed by atoms with Crippen molar-refractivity contribution in [3.63, 3.8) is 0 Å². The Kier molecular flexibility index (Phi) is 12.9. The maximum atomic E-state index is 6.83. The van der Waals surface area contributed by atoms with Crippen molar-refractivity contribution in [1.29, 1.82) is 0 Å². The van der Waals surface area contributed by atoms with Crippen LogP contribution in [-0.4, -0.2) is 0 Å². The van der Waals surface area contributed by atoms with E-state index in [4.69, 9.17) is 4.42 Å². The lowest BCUT2D eigenvalue weighted by atomic mass is 9.92. The second-order valence-electron chi connectivity index (χ2n) is 22.0. The molecule has 3 heteroatoms. The molecule has 1 aromatic heterocycles. The number of hydrogen-bond donors (Lipinski definition) is 0. The van der Waals surface area contributed by atoms with Gasteiger partial charge in [0.15, 0.2) is 0 Å². The van der Waals surface area contributed by atoms with Crippen LogP contribution in [0.5, 0.6) is 0 Å². The molecule has 0 spiro atoms. The zero-order valence-electron chi connectivity index (χ0n) is 46.5. The molecule has 0 atom stereocenters. The van der Waals surface area contributed by atoms with Gasteiger partial charge in [0.05, 0.1) is 0 Å². The van der Waals surface area contributed by atoms with E-state index in [0.717, 1.165) is 119 Å². The van der Waals surface area contributed by atoms with Crippen LogP contribution >= 0.6 is 0 Å². The molecular formula is C81H58N2O. The summed E-state index contributed by atoms with van der Waals surface area (Å²) in [5.74, 6) is 0. The SMILES string of the molecule is C=Cc1ccc(CCCc2ccc(N(c3cc(-c4ccc5cc(-c6cccc7oc8c9ccccc9c9ccccc9c8c67)ccc5c4)cc(N(c4ccccc4)c4cccc(-c5ccccc5)c4)c3)c3ccc4ccccc4c3)cc2)cc1. The molecule has 0 saturated heterocycles. The van der Waals surface area contributed by atoms with Gasteiger partial charge in [-0.25, -0.2) is 0 Å². The summed E-state index contributed by atoms with van der Waals surface area (Å²) in [5.41, 5.74) is 18.9. The molecule has 14 aromatic carbocycles. The minimum absolute atomic E-state index is 0.891. The third-order valence-electron chi connectivity index (χ3n) is 16.8. The number of nitrogens with zero attached hydrogens (tertiary/aromatic N) is 2. The second-order valence-corrected chi connectivity index (χ2v) is 22.0. The molecule has 3 nitrogen and oxygen atoms in total. The smallest absolute Gasteiger partial charge is 0.143 e. The van der Waals surface area contributed by atoms with Gasteiger partial charge in [0.2, 0.25) is 0 Å². The molecule has 0 aliphatic carbocycles. The van der Waals surface area contributed by atoms with E-state index in [1.807, 2.05) is 6.08 Å². The lowest BCUT2D eigenvalue weighted by Gasteiger charge is -2.31. The molecule has 0 amide bonds. The largest absolute Gasteiger partial charge is 0.455 e. The van der Waals surface area contributed by atoms with Crippen LogP contribution in [0.25, 0.3) is 104 Å². The van der Waals surface area contributed by atoms with E-state index in [9.17, 15) is 0 Å². The Hall–Kier alpha value is -10.7. The highest BCUT2D eigenvalue weighted by Gasteiger charge is 2.22. The minimum atomic E-state index is 0.891. The quantitative estimate of drug-likeness (QED) is 0.101. The maximum absolute atomic E-state index is 6.83. The van der Waals surface area contributed by atoms with Crippen LogP contribution in [-0.2, 0) is 12.8 Å². The van der Waals surface area contributed by atoms with Gasteiger partial charge in [-0.15, -0.1) is 0 Å². The van der Waals surface area contributed by atoms with Crippen molar-refractivity contribution in [1.82, 2.24) is 0 Å². The van der Waals surface area contributed by atoms with Gasteiger partial charge in [0, 0.05) is 50.3 Å². The topological polar surface area (TPSA) is 19.6 Å². The molecular weight excluding hydrogens is 1020 g/mol. The predicted octanol–water partition coefficient (Wildman–Crippen LogP) is 23.0. The monoisotopic (exact) mass is 1070 g/mol. The third kappa shape index (κ3) is 9.42. The Morgan fingerprint density at radius 2 is 0.810 bits per heavy atom. The van der Waals surface area contributed by atoms with Gasteiger partial charge in [0.25, 0.3) is 0 Å². The standard InChI is InChI=1S/C81H58N2O/c1-2-55-34-36-56(37-35-55)18-15-19-57-38-45-68(46-39-57)83(70-47-44-59-22-9-10-23-60(59)51-70)72-53-66(52-71(54-72)82(67-25-7-4-8-26-67)69-27-16-24-61(50-69)58-20-5-3-6-21-58)64-41-40-63-49-65(43-42-62(63)48-64)73-32-17-33-78-79(73)80-76-30-13-11-28-74(76)75-29-12-14-31-77(75)81(80)84-78/h2-14,16-17,20-54H,1,15,18-19H2. The van der Waals surface area contributed by atoms with Crippen LogP contribution in [0.1, 0.15) is 23.1 Å². The molecule has 1 heterocycles. The van der Waals surface area contributed by atoms with Crippen LogP contribution < -0.4 is 9.80 Å². The number of hydrogen-bond acceptors (Lipinski definition) is 3. The number of rotatable bonds is 14. The van der Waals surface area contributed by atoms with Crippen molar-refractivity contribution in [3.05, 3.63) is 321 Å². The van der Waals surface area contributed by atoms with Crippen LogP contribution in [0.4, 0.5) is 34.1 Å². The summed E-state index contributed by atoms with van der Waals surface area (Å²) in [4.78, 5) is 4.85. The zero-order chi connectivity index (χ0) is 55.9. The first-order valence-electron chi connectivity index (χ1n) is 29.1. The van der Waals surface area contributed by atoms with Gasteiger partial charge in [-0.2, -0.15) is 0 Å². The Labute approximate surface area is 489 Å². The second kappa shape index (κ2) is 21.6. The van der Waals surface area contributed by atoms with Crippen molar-refractivity contribution in [2.75, 3.05) is 9.80 Å². The highest BCUT2D eigenvalue weighted by atomic mass is 16.3. The van der Waals surface area contributed by atoms with Crippen LogP contribution in [0.15, 0.2) is 308 Å². The molecule has 15 rings (SSSR count). The highest BCUT2D eigenvalue weighted by molar-refractivity contribution is 6.32. The molecule has 398 valence electrons. The maximum Gasteiger partial charge on any atom is 0.143 e. The fourth-order valence-corrected chi connectivity index (χ4v) is 12.7. The number of para-hydroxylation sites is 1. The lowest BCUT2D eigenvalue weighted by Crippen LogP contribution is -2.14. The van der Waals surface area contributed by atoms with Crippen molar-refractivity contribution in [2.24, 2.45) is 0 Å². The van der Waals surface area contributed by atoms with Gasteiger partial charge < -0.3 is 14.2 Å². The Morgan fingerprint density at radius 1 is 0.310 bits per heavy atom. The molecule has 84 heavy (non-hydrogen) atoms. The molecule has 0 fully saturated rings. The normalized spacial score (nSPS) is 11.5. The fourth-order valence-electron chi connectivity index (χ4n) is 12.7. The number of furan rings is 1. The van der Waals surface area contributed by atoms with Gasteiger partial charge >= 0.3 is 0 Å². The van der Waals surface area contributed by atoms with Crippen LogP contribution in [0.2, 0.25) is 0 Å².